The lowest BCUT2D eigenvalue weighted by Gasteiger charge is -2.05. The molecule has 0 amide bonds. The molecule has 1 heterocycles. The number of aromatic nitrogens is 2. The molecule has 0 saturated carbocycles. The minimum absolute atomic E-state index is 0.0176. The van der Waals surface area contributed by atoms with Gasteiger partial charge in [-0.3, -0.25) is 0 Å². The molecule has 0 aliphatic carbocycles. The molecule has 0 saturated heterocycles. The van der Waals surface area contributed by atoms with Crippen LogP contribution in [-0.4, -0.2) is 5.11 Å². The van der Waals surface area contributed by atoms with Crippen molar-refractivity contribution >= 4 is 11.0 Å². The van der Waals surface area contributed by atoms with Gasteiger partial charge in [0.15, 0.2) is 6.07 Å². The fourth-order valence-electron chi connectivity index (χ4n) is 1.32. The van der Waals surface area contributed by atoms with Crippen molar-refractivity contribution in [3.63, 3.8) is 0 Å². The van der Waals surface area contributed by atoms with Crippen LogP contribution in [0.4, 0.5) is 0 Å². The van der Waals surface area contributed by atoms with E-state index < -0.39 is 11.6 Å². The number of benzene rings is 1. The van der Waals surface area contributed by atoms with Crippen molar-refractivity contribution in [2.45, 2.75) is 0 Å². The van der Waals surface area contributed by atoms with Crippen LogP contribution in [0.3, 0.4) is 0 Å². The number of fused-ring (bicyclic) bond motifs is 1. The standard InChI is InChI=1S/C9H5N3O3/c10-5-8-9(13)12(15)7-4-2-1-3-6(7)11(8)14/h1-4,13H. The van der Waals surface area contributed by atoms with Gasteiger partial charge in [0.2, 0.25) is 0 Å². The number of hydrogen-bond acceptors (Lipinski definition) is 4. The van der Waals surface area contributed by atoms with E-state index in [0.717, 1.165) is 0 Å². The average Bonchev–Trinajstić information content (AvgIpc) is 2.27. The second-order valence-corrected chi connectivity index (χ2v) is 2.86. The van der Waals surface area contributed by atoms with Crippen molar-refractivity contribution in [1.29, 1.82) is 5.26 Å². The van der Waals surface area contributed by atoms with Crippen LogP contribution in [0.5, 0.6) is 5.88 Å². The molecule has 0 fully saturated rings. The van der Waals surface area contributed by atoms with Gasteiger partial charge in [0.25, 0.3) is 11.0 Å². The van der Waals surface area contributed by atoms with E-state index >= 15 is 0 Å². The Kier molecular flexibility index (Phi) is 1.80. The summed E-state index contributed by atoms with van der Waals surface area (Å²) in [5.74, 6) is -0.883. The van der Waals surface area contributed by atoms with Crippen molar-refractivity contribution in [2.24, 2.45) is 0 Å². The van der Waals surface area contributed by atoms with Crippen LogP contribution in [0.1, 0.15) is 5.69 Å². The van der Waals surface area contributed by atoms with Crippen LogP contribution >= 0.6 is 0 Å². The third-order valence-electron chi connectivity index (χ3n) is 2.03. The van der Waals surface area contributed by atoms with Gasteiger partial charge in [0.05, 0.1) is 0 Å². The Labute approximate surface area is 84.0 Å². The van der Waals surface area contributed by atoms with Gasteiger partial charge < -0.3 is 15.5 Å². The summed E-state index contributed by atoms with van der Waals surface area (Å²) >= 11 is 0. The van der Waals surface area contributed by atoms with Crippen LogP contribution in [0, 0.1) is 21.7 Å². The van der Waals surface area contributed by atoms with E-state index in [2.05, 4.69) is 0 Å². The Bertz CT molecular complexity index is 589. The van der Waals surface area contributed by atoms with Gasteiger partial charge in [-0.05, 0) is 0 Å². The Balaban J connectivity index is 3.04. The summed E-state index contributed by atoms with van der Waals surface area (Å²) in [6, 6.07) is 7.38. The Morgan fingerprint density at radius 2 is 1.67 bits per heavy atom. The highest BCUT2D eigenvalue weighted by atomic mass is 16.5. The van der Waals surface area contributed by atoms with Gasteiger partial charge >= 0.3 is 11.6 Å². The highest BCUT2D eigenvalue weighted by molar-refractivity contribution is 5.67. The third kappa shape index (κ3) is 1.10. The van der Waals surface area contributed by atoms with Crippen molar-refractivity contribution in [3.05, 3.63) is 40.4 Å². The molecule has 0 radical (unpaired) electrons. The monoisotopic (exact) mass is 203 g/mol. The zero-order valence-corrected chi connectivity index (χ0v) is 7.41. The van der Waals surface area contributed by atoms with Crippen molar-refractivity contribution in [3.8, 4) is 11.9 Å². The van der Waals surface area contributed by atoms with Gasteiger partial charge in [-0.25, -0.2) is 0 Å². The van der Waals surface area contributed by atoms with Gasteiger partial charge in [-0.2, -0.15) is 5.26 Å². The zero-order valence-electron chi connectivity index (χ0n) is 7.41. The topological polar surface area (TPSA) is 97.9 Å². The second kappa shape index (κ2) is 2.99. The fourth-order valence-corrected chi connectivity index (χ4v) is 1.32. The lowest BCUT2D eigenvalue weighted by Crippen LogP contribution is -2.41. The minimum atomic E-state index is -0.883. The van der Waals surface area contributed by atoms with Crippen LogP contribution in [0.15, 0.2) is 24.3 Å². The normalized spacial score (nSPS) is 10.1. The molecular formula is C9H5N3O3. The van der Waals surface area contributed by atoms with E-state index in [0.29, 0.717) is 0 Å². The molecule has 74 valence electrons. The number of hydrogen-bond donors (Lipinski definition) is 1. The predicted molar refractivity (Wildman–Crippen MR) is 48.2 cm³/mol. The van der Waals surface area contributed by atoms with Crippen LogP contribution in [-0.2, 0) is 0 Å². The van der Waals surface area contributed by atoms with E-state index in [1.54, 1.807) is 12.1 Å². The van der Waals surface area contributed by atoms with E-state index in [9.17, 15) is 15.5 Å². The molecule has 0 spiro atoms. The first-order valence-corrected chi connectivity index (χ1v) is 4.03. The quantitative estimate of drug-likeness (QED) is 0.468. The maximum atomic E-state index is 11.5. The smallest absolute Gasteiger partial charge is 0.465 e. The minimum Gasteiger partial charge on any atom is -0.617 e. The molecule has 1 N–H and O–H groups in total. The summed E-state index contributed by atoms with van der Waals surface area (Å²) in [4.78, 5) is 0. The molecule has 0 aliphatic heterocycles. The SMILES string of the molecule is N#Cc1c(O)[n+]([O-])c2ccccc2[n+]1[O-]. The molecule has 1 aromatic carbocycles. The number of nitriles is 1. The van der Waals surface area contributed by atoms with E-state index in [4.69, 9.17) is 5.26 Å². The van der Waals surface area contributed by atoms with Crippen molar-refractivity contribution in [1.82, 2.24) is 0 Å². The van der Waals surface area contributed by atoms with Crippen LogP contribution < -0.4 is 9.46 Å². The zero-order chi connectivity index (χ0) is 11.0. The van der Waals surface area contributed by atoms with E-state index in [1.165, 1.54) is 18.2 Å². The Hall–Kier alpha value is -2.55. The Morgan fingerprint density at radius 3 is 2.20 bits per heavy atom. The summed E-state index contributed by atoms with van der Waals surface area (Å²) in [7, 11) is 0. The number of nitrogens with zero attached hydrogens (tertiary/aromatic N) is 3. The number of aromatic hydroxyl groups is 1. The molecule has 0 bridgehead atoms. The molecule has 15 heavy (non-hydrogen) atoms. The van der Waals surface area contributed by atoms with Crippen molar-refractivity contribution < 1.29 is 14.6 Å². The first-order chi connectivity index (χ1) is 7.16. The highest BCUT2D eigenvalue weighted by Gasteiger charge is 2.27. The molecule has 0 aliphatic rings. The molecule has 1 aromatic heterocycles. The van der Waals surface area contributed by atoms with Gasteiger partial charge in [-0.15, -0.1) is 9.46 Å². The molecular weight excluding hydrogens is 198 g/mol. The number of rotatable bonds is 0. The van der Waals surface area contributed by atoms with E-state index in [1.807, 2.05) is 0 Å². The molecule has 6 nitrogen and oxygen atoms in total. The van der Waals surface area contributed by atoms with Crippen molar-refractivity contribution in [2.75, 3.05) is 0 Å². The Morgan fingerprint density at radius 1 is 1.13 bits per heavy atom. The summed E-state index contributed by atoms with van der Waals surface area (Å²) in [5, 5.41) is 40.8. The van der Waals surface area contributed by atoms with Crippen LogP contribution in [0.2, 0.25) is 0 Å². The maximum absolute atomic E-state index is 11.5. The summed E-state index contributed by atoms with van der Waals surface area (Å²) in [5.41, 5.74) is -0.547. The molecule has 2 aromatic rings. The summed E-state index contributed by atoms with van der Waals surface area (Å²) in [6.45, 7) is 0. The van der Waals surface area contributed by atoms with Crippen LogP contribution in [0.25, 0.3) is 11.0 Å². The van der Waals surface area contributed by atoms with E-state index in [-0.39, 0.29) is 20.5 Å². The molecule has 0 atom stereocenters. The maximum Gasteiger partial charge on any atom is 0.465 e. The van der Waals surface area contributed by atoms with Gasteiger partial charge in [0, 0.05) is 12.1 Å². The van der Waals surface area contributed by atoms with Gasteiger partial charge in [0.1, 0.15) is 0 Å². The third-order valence-corrected chi connectivity index (χ3v) is 2.03. The lowest BCUT2D eigenvalue weighted by atomic mass is 10.3. The molecule has 0 unspecified atom stereocenters. The predicted octanol–water partition coefficient (Wildman–Crippen LogP) is -0.316. The van der Waals surface area contributed by atoms with Gasteiger partial charge in [-0.1, -0.05) is 12.1 Å². The molecule has 6 heteroatoms. The highest BCUT2D eigenvalue weighted by Crippen LogP contribution is 2.11. The summed E-state index contributed by atoms with van der Waals surface area (Å²) in [6.07, 6.45) is 0. The molecule has 2 rings (SSSR count). The second-order valence-electron chi connectivity index (χ2n) is 2.86. The average molecular weight is 203 g/mol. The first-order valence-electron chi connectivity index (χ1n) is 4.03. The summed E-state index contributed by atoms with van der Waals surface area (Å²) < 4.78 is 0.390. The first kappa shape index (κ1) is 9.02. The largest absolute Gasteiger partial charge is 0.617 e. The fraction of sp³-hybridized carbons (Fsp3) is 0. The lowest BCUT2D eigenvalue weighted by molar-refractivity contribution is -0.636. The number of para-hydroxylation sites is 2.